The van der Waals surface area contributed by atoms with Crippen LogP contribution in [0.4, 0.5) is 33.3 Å². The van der Waals surface area contributed by atoms with E-state index in [9.17, 15) is 22.0 Å². The number of halogens is 7. The van der Waals surface area contributed by atoms with Crippen molar-refractivity contribution in [1.29, 1.82) is 0 Å². The van der Waals surface area contributed by atoms with E-state index in [1.807, 2.05) is 0 Å². The Morgan fingerprint density at radius 2 is 1.55 bits per heavy atom. The molecule has 1 aromatic heterocycles. The molecule has 0 radical (unpaired) electrons. The van der Waals surface area contributed by atoms with Gasteiger partial charge < -0.3 is 10.6 Å². The first kappa shape index (κ1) is 23.2. The van der Waals surface area contributed by atoms with Gasteiger partial charge in [0, 0.05) is 5.02 Å². The Morgan fingerprint density at radius 1 is 0.968 bits per heavy atom. The van der Waals surface area contributed by atoms with E-state index < -0.39 is 41.2 Å². The number of nitrogens with zero attached hydrogens (tertiary/aromatic N) is 2. The van der Waals surface area contributed by atoms with Gasteiger partial charge in [-0.3, -0.25) is 4.68 Å². The molecular formula is C19H13Cl2F5N4S. The summed E-state index contributed by atoms with van der Waals surface area (Å²) in [5.74, 6) is -10.1. The molecule has 0 aliphatic rings. The molecule has 0 aliphatic carbocycles. The van der Waals surface area contributed by atoms with E-state index in [-0.39, 0.29) is 5.11 Å². The van der Waals surface area contributed by atoms with Gasteiger partial charge in [0.2, 0.25) is 5.82 Å². The second kappa shape index (κ2) is 8.97. The molecule has 1 heterocycles. The number of aromatic nitrogens is 2. The molecule has 0 amide bonds. The highest BCUT2D eigenvalue weighted by Crippen LogP contribution is 2.28. The van der Waals surface area contributed by atoms with Gasteiger partial charge >= 0.3 is 0 Å². The summed E-state index contributed by atoms with van der Waals surface area (Å²) in [6.45, 7) is 2.46. The van der Waals surface area contributed by atoms with Crippen LogP contribution in [0.25, 0.3) is 0 Å². The first-order chi connectivity index (χ1) is 14.5. The second-order valence-corrected chi connectivity index (χ2v) is 7.71. The first-order valence-electron chi connectivity index (χ1n) is 8.58. The molecule has 0 unspecified atom stereocenters. The van der Waals surface area contributed by atoms with E-state index >= 15 is 0 Å². The number of anilines is 2. The summed E-state index contributed by atoms with van der Waals surface area (Å²) in [5.41, 5.74) is 0.613. The summed E-state index contributed by atoms with van der Waals surface area (Å²) in [4.78, 5) is 0. The maximum atomic E-state index is 14.0. The number of thiocarbonyl (C=S) groups is 1. The van der Waals surface area contributed by atoms with Crippen LogP contribution in [0.15, 0.2) is 18.2 Å². The van der Waals surface area contributed by atoms with Gasteiger partial charge in [0.15, 0.2) is 28.4 Å². The van der Waals surface area contributed by atoms with E-state index in [0.717, 1.165) is 4.68 Å². The molecule has 0 aliphatic heterocycles. The van der Waals surface area contributed by atoms with Crippen LogP contribution in [0.1, 0.15) is 17.0 Å². The van der Waals surface area contributed by atoms with Crippen LogP contribution >= 0.6 is 35.4 Å². The van der Waals surface area contributed by atoms with Crippen molar-refractivity contribution in [1.82, 2.24) is 9.78 Å². The lowest BCUT2D eigenvalue weighted by Gasteiger charge is -2.13. The van der Waals surface area contributed by atoms with Crippen molar-refractivity contribution in [3.05, 3.63) is 74.3 Å². The smallest absolute Gasteiger partial charge is 0.200 e. The van der Waals surface area contributed by atoms with Crippen molar-refractivity contribution < 1.29 is 22.0 Å². The third-order valence-electron chi connectivity index (χ3n) is 4.41. The first-order valence-corrected chi connectivity index (χ1v) is 9.75. The molecular weight excluding hydrogens is 482 g/mol. The highest BCUT2D eigenvalue weighted by molar-refractivity contribution is 7.80. The van der Waals surface area contributed by atoms with Crippen molar-refractivity contribution in [3.8, 4) is 0 Å². The van der Waals surface area contributed by atoms with E-state index in [1.165, 1.54) is 6.07 Å². The number of hydrogen-bond acceptors (Lipinski definition) is 2. The molecule has 0 saturated carbocycles. The molecule has 164 valence electrons. The van der Waals surface area contributed by atoms with Crippen LogP contribution in [-0.4, -0.2) is 14.9 Å². The van der Waals surface area contributed by atoms with Gasteiger partial charge in [0.05, 0.1) is 39.9 Å². The molecule has 2 aromatic carbocycles. The van der Waals surface area contributed by atoms with Gasteiger partial charge in [0.1, 0.15) is 0 Å². The van der Waals surface area contributed by atoms with Gasteiger partial charge in [0.25, 0.3) is 0 Å². The molecule has 0 spiro atoms. The minimum absolute atomic E-state index is 0.131. The summed E-state index contributed by atoms with van der Waals surface area (Å²) in [5, 5.41) is 10.8. The summed E-state index contributed by atoms with van der Waals surface area (Å²) in [6.07, 6.45) is 0. The molecule has 0 saturated heterocycles. The third-order valence-corrected chi connectivity index (χ3v) is 5.16. The van der Waals surface area contributed by atoms with Crippen LogP contribution < -0.4 is 10.6 Å². The fourth-order valence-electron chi connectivity index (χ4n) is 2.83. The molecule has 0 atom stereocenters. The van der Waals surface area contributed by atoms with E-state index in [2.05, 4.69) is 15.7 Å². The molecule has 4 nitrogen and oxygen atoms in total. The SMILES string of the molecule is Cc1nn(Cc2c(F)c(F)c(F)c(F)c2F)c(C)c1NC(=S)Nc1ccc(Cl)cc1Cl. The third kappa shape index (κ3) is 4.60. The minimum atomic E-state index is -2.22. The topological polar surface area (TPSA) is 41.9 Å². The standard InChI is InChI=1S/C19H13Cl2F5N4S/c1-7-18(28-19(31)27-12-4-3-9(20)5-11(12)21)8(2)30(29-7)6-10-13(22)15(24)17(26)16(25)14(10)23/h3-5H,6H2,1-2H3,(H2,27,28,31). The van der Waals surface area contributed by atoms with Crippen LogP contribution in [0.5, 0.6) is 0 Å². The number of rotatable bonds is 4. The monoisotopic (exact) mass is 494 g/mol. The lowest BCUT2D eigenvalue weighted by Crippen LogP contribution is -2.20. The Labute approximate surface area is 189 Å². The Balaban J connectivity index is 1.86. The summed E-state index contributed by atoms with van der Waals surface area (Å²) in [6, 6.07) is 4.74. The quantitative estimate of drug-likeness (QED) is 0.191. The van der Waals surface area contributed by atoms with E-state index in [4.69, 9.17) is 35.4 Å². The molecule has 0 bridgehead atoms. The fraction of sp³-hybridized carbons (Fsp3) is 0.158. The Morgan fingerprint density at radius 3 is 2.13 bits per heavy atom. The lowest BCUT2D eigenvalue weighted by atomic mass is 10.1. The zero-order valence-corrected chi connectivity index (χ0v) is 18.2. The van der Waals surface area contributed by atoms with Gasteiger partial charge in [-0.1, -0.05) is 23.2 Å². The number of hydrogen-bond donors (Lipinski definition) is 2. The predicted molar refractivity (Wildman–Crippen MR) is 113 cm³/mol. The highest BCUT2D eigenvalue weighted by atomic mass is 35.5. The minimum Gasteiger partial charge on any atom is -0.331 e. The molecule has 0 fully saturated rings. The van der Waals surface area contributed by atoms with Gasteiger partial charge in [-0.2, -0.15) is 5.10 Å². The maximum Gasteiger partial charge on any atom is 0.200 e. The van der Waals surface area contributed by atoms with Crippen molar-refractivity contribution in [3.63, 3.8) is 0 Å². The number of nitrogens with one attached hydrogen (secondary N) is 2. The Bertz CT molecular complexity index is 1170. The summed E-state index contributed by atoms with van der Waals surface area (Å²) >= 11 is 17.2. The molecule has 12 heteroatoms. The van der Waals surface area contributed by atoms with Crippen LogP contribution in [0, 0.1) is 42.9 Å². The lowest BCUT2D eigenvalue weighted by molar-refractivity contribution is 0.366. The van der Waals surface area contributed by atoms with Crippen molar-refractivity contribution in [2.45, 2.75) is 20.4 Å². The van der Waals surface area contributed by atoms with Crippen LogP contribution in [-0.2, 0) is 6.54 Å². The number of benzene rings is 2. The van der Waals surface area contributed by atoms with Crippen LogP contribution in [0.2, 0.25) is 10.0 Å². The van der Waals surface area contributed by atoms with Crippen molar-refractivity contribution >= 4 is 51.9 Å². The van der Waals surface area contributed by atoms with E-state index in [0.29, 0.717) is 32.8 Å². The van der Waals surface area contributed by atoms with Gasteiger partial charge in [-0.05, 0) is 44.3 Å². The van der Waals surface area contributed by atoms with E-state index in [1.54, 1.807) is 26.0 Å². The van der Waals surface area contributed by atoms with Gasteiger partial charge in [-0.25, -0.2) is 22.0 Å². The average molecular weight is 495 g/mol. The zero-order valence-electron chi connectivity index (χ0n) is 15.9. The largest absolute Gasteiger partial charge is 0.331 e. The average Bonchev–Trinajstić information content (AvgIpc) is 2.97. The van der Waals surface area contributed by atoms with Crippen LogP contribution in [0.3, 0.4) is 0 Å². The maximum absolute atomic E-state index is 14.0. The molecule has 3 aromatic rings. The normalized spacial score (nSPS) is 11.0. The summed E-state index contributed by atoms with van der Waals surface area (Å²) < 4.78 is 69.4. The second-order valence-electron chi connectivity index (χ2n) is 6.46. The number of aryl methyl sites for hydroxylation is 1. The summed E-state index contributed by atoms with van der Waals surface area (Å²) in [7, 11) is 0. The Kier molecular flexibility index (Phi) is 6.73. The van der Waals surface area contributed by atoms with Crippen molar-refractivity contribution in [2.75, 3.05) is 10.6 Å². The molecule has 3 rings (SSSR count). The molecule has 31 heavy (non-hydrogen) atoms. The zero-order chi connectivity index (χ0) is 23.0. The van der Waals surface area contributed by atoms with Gasteiger partial charge in [-0.15, -0.1) is 0 Å². The predicted octanol–water partition coefficient (Wildman–Crippen LogP) is 6.36. The highest BCUT2D eigenvalue weighted by Gasteiger charge is 2.26. The van der Waals surface area contributed by atoms with Crippen molar-refractivity contribution in [2.24, 2.45) is 0 Å². The fourth-order valence-corrected chi connectivity index (χ4v) is 3.50. The Hall–Kier alpha value is -2.43. The molecule has 2 N–H and O–H groups in total.